The van der Waals surface area contributed by atoms with Crippen molar-refractivity contribution in [3.8, 4) is 0 Å². The van der Waals surface area contributed by atoms with Gasteiger partial charge in [0.1, 0.15) is 72.5 Å². The molecule has 422 valence electrons. The molecule has 4 aromatic rings. The van der Waals surface area contributed by atoms with Gasteiger partial charge in [-0.05, 0) is 47.9 Å². The molecule has 3 fully saturated rings. The molecule has 4 aliphatic heterocycles. The van der Waals surface area contributed by atoms with Gasteiger partial charge in [-0.3, -0.25) is 37.3 Å². The number of carbonyl (C=O) groups excluding carboxylic acids is 4. The van der Waals surface area contributed by atoms with Gasteiger partial charge in [0.15, 0.2) is 23.8 Å². The van der Waals surface area contributed by atoms with Gasteiger partial charge in [-0.1, -0.05) is 42.5 Å². The van der Waals surface area contributed by atoms with Gasteiger partial charge in [0.2, 0.25) is 0 Å². The summed E-state index contributed by atoms with van der Waals surface area (Å²) in [7, 11) is -10.7. The van der Waals surface area contributed by atoms with Crippen molar-refractivity contribution in [2.24, 2.45) is 22.6 Å². The Kier molecular flexibility index (Phi) is 18.4. The van der Waals surface area contributed by atoms with Crippen LogP contribution in [0.15, 0.2) is 78.3 Å². The van der Waals surface area contributed by atoms with Crippen molar-refractivity contribution < 1.29 is 98.9 Å². The Morgan fingerprint density at radius 1 is 0.859 bits per heavy atom. The quantitative estimate of drug-likeness (QED) is 0.0411. The molecule has 31 heteroatoms. The molecular formula is C47H55F3N8O18P2. The smallest absolute Gasteiger partial charge is 0.461 e. The fourth-order valence-electron chi connectivity index (χ4n) is 9.18. The Balaban J connectivity index is 0.974. The number of esters is 2. The van der Waals surface area contributed by atoms with E-state index < -0.39 is 138 Å². The summed E-state index contributed by atoms with van der Waals surface area (Å²) in [6.07, 6.45) is -11.0. The monoisotopic (exact) mass is 1140 g/mol. The van der Waals surface area contributed by atoms with Gasteiger partial charge in [-0.15, -0.1) is 0 Å². The number of Topliss-reactive ketones (excluding diaryl/α,β-unsaturated/α-hetero) is 1. The van der Waals surface area contributed by atoms with Gasteiger partial charge >= 0.3 is 27.6 Å². The first-order valence-electron chi connectivity index (χ1n) is 24.2. The van der Waals surface area contributed by atoms with Crippen LogP contribution < -0.4 is 11.5 Å². The molecule has 9 N–H and O–H groups in total. The maximum absolute atomic E-state index is 14.4. The number of aliphatic hydroxyl groups is 2. The predicted molar refractivity (Wildman–Crippen MR) is 261 cm³/mol. The Morgan fingerprint density at radius 2 is 1.50 bits per heavy atom. The number of carbonyl (C=O) groups is 4. The minimum atomic E-state index is -5.51. The van der Waals surface area contributed by atoms with Crippen molar-refractivity contribution in [2.75, 3.05) is 38.6 Å². The normalized spacial score (nSPS) is 26.6. The van der Waals surface area contributed by atoms with E-state index in [0.29, 0.717) is 16.7 Å². The second kappa shape index (κ2) is 24.6. The zero-order valence-electron chi connectivity index (χ0n) is 41.1. The number of nitrogens with zero attached hydrogens (tertiary/aromatic N) is 6. The molecule has 0 saturated carbocycles. The number of ketones is 1. The first kappa shape index (κ1) is 58.2. The molecule has 0 spiro atoms. The first-order valence-corrected chi connectivity index (χ1v) is 27.3. The molecule has 2 aromatic heterocycles. The Morgan fingerprint density at radius 3 is 2.17 bits per heavy atom. The average molecular weight is 1140 g/mol. The number of phosphoric ester groups is 2. The molecule has 1 amide bonds. The van der Waals surface area contributed by atoms with Crippen LogP contribution in [0.2, 0.25) is 0 Å². The molecule has 6 heterocycles. The fraction of sp³-hybridized carbons (Fsp3) is 0.489. The lowest BCUT2D eigenvalue weighted by atomic mass is 9.94. The van der Waals surface area contributed by atoms with E-state index in [0.717, 1.165) is 6.33 Å². The molecule has 0 bridgehead atoms. The van der Waals surface area contributed by atoms with E-state index in [1.54, 1.807) is 29.2 Å². The number of fused-ring (bicyclic) bond motifs is 1. The molecule has 3 saturated heterocycles. The van der Waals surface area contributed by atoms with E-state index in [9.17, 15) is 66.4 Å². The number of ether oxygens (including phenoxy) is 4. The molecule has 26 nitrogen and oxygen atoms in total. The highest BCUT2D eigenvalue weighted by atomic mass is 31.2. The van der Waals surface area contributed by atoms with Crippen molar-refractivity contribution in [2.45, 2.75) is 100 Å². The van der Waals surface area contributed by atoms with Gasteiger partial charge in [0, 0.05) is 38.8 Å². The molecule has 11 atom stereocenters. The fourth-order valence-corrected chi connectivity index (χ4v) is 10.5. The lowest BCUT2D eigenvalue weighted by molar-refractivity contribution is -0.165. The van der Waals surface area contributed by atoms with Crippen molar-refractivity contribution in [3.05, 3.63) is 95.8 Å². The third kappa shape index (κ3) is 15.1. The Hall–Kier alpha value is -5.91. The van der Waals surface area contributed by atoms with Crippen molar-refractivity contribution in [1.82, 2.24) is 24.4 Å². The maximum Gasteiger partial charge on any atom is 0.472 e. The molecule has 0 aliphatic carbocycles. The summed E-state index contributed by atoms with van der Waals surface area (Å²) in [5.74, 6) is -9.27. The summed E-state index contributed by atoms with van der Waals surface area (Å²) >= 11 is 0. The van der Waals surface area contributed by atoms with E-state index >= 15 is 0 Å². The molecular weight excluding hydrogens is 1080 g/mol. The number of nitrogen functional groups attached to an aromatic ring is 1. The van der Waals surface area contributed by atoms with Crippen LogP contribution in [0.25, 0.3) is 11.2 Å². The first-order chi connectivity index (χ1) is 36.9. The van der Waals surface area contributed by atoms with E-state index in [1.165, 1.54) is 47.3 Å². The van der Waals surface area contributed by atoms with Crippen molar-refractivity contribution >= 4 is 62.1 Å². The van der Waals surface area contributed by atoms with E-state index in [4.69, 9.17) is 39.5 Å². The van der Waals surface area contributed by atoms with Crippen LogP contribution in [0.1, 0.15) is 48.6 Å². The summed E-state index contributed by atoms with van der Waals surface area (Å²) in [5.41, 5.74) is 13.5. The summed E-state index contributed by atoms with van der Waals surface area (Å²) in [4.78, 5) is 101. The van der Waals surface area contributed by atoms with Gasteiger partial charge < -0.3 is 60.2 Å². The summed E-state index contributed by atoms with van der Waals surface area (Å²) in [6.45, 7) is -2.36. The number of aliphatic imine (C=N–C) groups is 1. The minimum Gasteiger partial charge on any atom is -0.461 e. The summed E-state index contributed by atoms with van der Waals surface area (Å²) < 4.78 is 106. The van der Waals surface area contributed by atoms with E-state index in [1.807, 2.05) is 0 Å². The molecule has 78 heavy (non-hydrogen) atoms. The lowest BCUT2D eigenvalue weighted by Crippen LogP contribution is -2.42. The highest BCUT2D eigenvalue weighted by Crippen LogP contribution is 2.50. The minimum absolute atomic E-state index is 0.0267. The highest BCUT2D eigenvalue weighted by Gasteiger charge is 2.54. The second-order valence-corrected chi connectivity index (χ2v) is 21.6. The van der Waals surface area contributed by atoms with Crippen LogP contribution in [0.4, 0.5) is 19.0 Å². The third-order valence-electron chi connectivity index (χ3n) is 13.3. The second-order valence-electron chi connectivity index (χ2n) is 18.9. The van der Waals surface area contributed by atoms with Crippen LogP contribution in [0, 0.1) is 17.7 Å². The number of imidazole rings is 1. The molecule has 2 unspecified atom stereocenters. The molecule has 8 rings (SSSR count). The molecule has 2 aromatic carbocycles. The standard InChI is InChI=1S/C47H55F3N8O18P2/c48-29-7-5-26(6-8-29)18-30(59)17-25-1-3-27(4-2-25)20-70-35(60)19-28(11-14-57-15-12-47(49,50)13-16-57)46(64)75-40-32(74-45(38(40)62)58-24-55-36-42(52)53-23-54-43(36)58)22-72-78(68,69)76-41-33(21-71-77(65,66)67)73-39(37(41)61)31-9-10-34(51)56-44(31)63/h1-10,23-24,28,31-33,37-41,45,61-62H,11-22H2,(H,68,69)(H2,51,56,63)(H2,52,53,54)(H2,65,66,67)/t28-,31?,32-,33-,37+,38-,39+,40-,41-,45-/m1/s1. The number of halogens is 3. The van der Waals surface area contributed by atoms with Gasteiger partial charge in [-0.25, -0.2) is 37.3 Å². The number of dihydropyridines is 1. The van der Waals surface area contributed by atoms with Crippen molar-refractivity contribution in [1.29, 1.82) is 0 Å². The molecule has 4 aliphatic rings. The number of aromatic nitrogens is 4. The number of phosphoric acid groups is 2. The van der Waals surface area contributed by atoms with Crippen LogP contribution in [-0.4, -0.2) is 160 Å². The van der Waals surface area contributed by atoms with Crippen LogP contribution in [0.3, 0.4) is 0 Å². The largest absolute Gasteiger partial charge is 0.472 e. The number of hydrogen-bond donors (Lipinski definition) is 7. The Bertz CT molecular complexity index is 2980. The number of alkyl halides is 2. The third-order valence-corrected chi connectivity index (χ3v) is 14.7. The van der Waals surface area contributed by atoms with E-state index in [-0.39, 0.29) is 74.1 Å². The topological polar surface area (TPSA) is 379 Å². The maximum atomic E-state index is 14.4. The average Bonchev–Trinajstić information content (AvgIpc) is 4.06. The van der Waals surface area contributed by atoms with Gasteiger partial charge in [0.05, 0.1) is 37.8 Å². The zero-order chi connectivity index (χ0) is 56.1. The van der Waals surface area contributed by atoms with Crippen LogP contribution >= 0.6 is 15.6 Å². The number of aliphatic hydroxyl groups excluding tert-OH is 2. The number of rotatable bonds is 23. The summed E-state index contributed by atoms with van der Waals surface area (Å²) in [5, 5.41) is 23.2. The molecule has 0 radical (unpaired) electrons. The number of amidine groups is 1. The number of piperidine rings is 1. The number of hydrogen-bond acceptors (Lipinski definition) is 21. The SMILES string of the molecule is NC1=NC(=O)C([C@@H]2O[C@H](COP(=O)(O)O)[C@@H](OP(=O)(O)OC[C@H]3O[C@@H](n4cnc5c(N)ncnc54)[C@H](O)[C@@H]3OC(=O)[C@H](CCN3CCC(F)(F)CC3)CC(=O)OCc3ccc(CC(=O)Cc4ccc(F)cc4)cc3)[C@H]2O)C=C1. The van der Waals surface area contributed by atoms with E-state index in [2.05, 4.69) is 24.5 Å². The number of likely N-dealkylation sites (tertiary alicyclic amines) is 1. The predicted octanol–water partition coefficient (Wildman–Crippen LogP) is 1.75. The zero-order valence-corrected chi connectivity index (χ0v) is 42.9. The van der Waals surface area contributed by atoms with Gasteiger partial charge in [0.25, 0.3) is 11.8 Å². The Labute approximate surface area is 441 Å². The van der Waals surface area contributed by atoms with Gasteiger partial charge in [-0.2, -0.15) is 4.99 Å². The number of anilines is 1. The van der Waals surface area contributed by atoms with Crippen LogP contribution in [-0.2, 0) is 80.3 Å². The van der Waals surface area contributed by atoms with Crippen LogP contribution in [0.5, 0.6) is 0 Å². The highest BCUT2D eigenvalue weighted by molar-refractivity contribution is 7.47. The number of benzene rings is 2. The number of nitrogens with two attached hydrogens (primary N) is 2. The van der Waals surface area contributed by atoms with Crippen molar-refractivity contribution in [3.63, 3.8) is 0 Å². The number of amides is 1. The lowest BCUT2D eigenvalue weighted by Gasteiger charge is -2.32. The summed E-state index contributed by atoms with van der Waals surface area (Å²) in [6, 6.07) is 12.2.